The lowest BCUT2D eigenvalue weighted by Crippen LogP contribution is -2.25. The van der Waals surface area contributed by atoms with Gasteiger partial charge in [0.1, 0.15) is 18.5 Å². The van der Waals surface area contributed by atoms with Gasteiger partial charge in [-0.25, -0.2) is 8.78 Å². The summed E-state index contributed by atoms with van der Waals surface area (Å²) < 4.78 is 43.2. The summed E-state index contributed by atoms with van der Waals surface area (Å²) in [6, 6.07) is 2.86. The molecule has 2 N–H and O–H groups in total. The Kier molecular flexibility index (Phi) is 8.02. The second-order valence-electron chi connectivity index (χ2n) is 8.51. The fourth-order valence-electron chi connectivity index (χ4n) is 4.25. The summed E-state index contributed by atoms with van der Waals surface area (Å²) in [5, 5.41) is 20.6. The van der Waals surface area contributed by atoms with Crippen LogP contribution in [0, 0.1) is 29.4 Å². The third-order valence-corrected chi connectivity index (χ3v) is 5.79. The Hall–Kier alpha value is -2.03. The number of carbonyl (C=O) groups is 1. The fraction of sp³-hybridized carbons (Fsp3) is 0.609. The molecule has 172 valence electrons. The molecule has 3 rings (SSSR count). The van der Waals surface area contributed by atoms with Crippen molar-refractivity contribution in [2.45, 2.75) is 57.5 Å². The van der Waals surface area contributed by atoms with Gasteiger partial charge in [0.25, 0.3) is 0 Å². The van der Waals surface area contributed by atoms with Crippen molar-refractivity contribution in [2.24, 2.45) is 17.8 Å². The smallest absolute Gasteiger partial charge is 0.311 e. The molecule has 0 unspecified atom stereocenters. The minimum absolute atomic E-state index is 0.0110. The molecular weight excluding hydrogens is 410 g/mol. The molecule has 0 bridgehead atoms. The largest absolute Gasteiger partial charge is 0.487 e. The van der Waals surface area contributed by atoms with Crippen molar-refractivity contribution in [2.75, 3.05) is 13.2 Å². The number of benzene rings is 1. The van der Waals surface area contributed by atoms with E-state index in [4.69, 9.17) is 14.2 Å². The third-order valence-electron chi connectivity index (χ3n) is 5.79. The average molecular weight is 440 g/mol. The predicted octanol–water partition coefficient (Wildman–Crippen LogP) is 3.00. The van der Waals surface area contributed by atoms with Crippen LogP contribution in [0.1, 0.15) is 33.1 Å². The standard InChI is InChI=1S/C23H30F2O6/c1-13(2)31-23(28)14-3-6-18-17(20(27)10-21(18)29-11-14)7-5-16(26)12-30-22-9-15(24)4-8-19(22)25/h4-5,7-9,13-14,16-18,20-21,26-27H,3,6,10-12H2,1-2H3/b7-5+/t14-,16+,17+,18+,20+,21-/m0/s1. The van der Waals surface area contributed by atoms with Gasteiger partial charge in [-0.3, -0.25) is 4.79 Å². The molecular formula is C23H30F2O6. The highest BCUT2D eigenvalue weighted by Gasteiger charge is 2.44. The Morgan fingerprint density at radius 1 is 1.32 bits per heavy atom. The zero-order chi connectivity index (χ0) is 22.5. The van der Waals surface area contributed by atoms with Gasteiger partial charge in [-0.1, -0.05) is 12.2 Å². The molecule has 0 amide bonds. The minimum Gasteiger partial charge on any atom is -0.487 e. The molecule has 1 aliphatic heterocycles. The van der Waals surface area contributed by atoms with Crippen LogP contribution in [0.4, 0.5) is 8.78 Å². The van der Waals surface area contributed by atoms with Gasteiger partial charge in [-0.2, -0.15) is 0 Å². The van der Waals surface area contributed by atoms with E-state index in [9.17, 15) is 23.8 Å². The first-order chi connectivity index (χ1) is 14.7. The van der Waals surface area contributed by atoms with Gasteiger partial charge in [0.05, 0.1) is 30.8 Å². The quantitative estimate of drug-likeness (QED) is 0.501. The second-order valence-corrected chi connectivity index (χ2v) is 8.51. The highest BCUT2D eigenvalue weighted by atomic mass is 19.1. The van der Waals surface area contributed by atoms with Crippen LogP contribution >= 0.6 is 0 Å². The van der Waals surface area contributed by atoms with Crippen LogP contribution in [-0.4, -0.2) is 53.8 Å². The minimum atomic E-state index is -1.06. The van der Waals surface area contributed by atoms with Crippen LogP contribution in [0.5, 0.6) is 5.75 Å². The highest BCUT2D eigenvalue weighted by molar-refractivity contribution is 5.72. The number of fused-ring (bicyclic) bond motifs is 1. The van der Waals surface area contributed by atoms with Crippen molar-refractivity contribution < 1.29 is 38.0 Å². The summed E-state index contributed by atoms with van der Waals surface area (Å²) in [6.45, 7) is 3.62. The first kappa shape index (κ1) is 23.6. The van der Waals surface area contributed by atoms with E-state index in [1.165, 1.54) is 6.08 Å². The van der Waals surface area contributed by atoms with E-state index >= 15 is 0 Å². The van der Waals surface area contributed by atoms with Gasteiger partial charge < -0.3 is 24.4 Å². The number of carbonyl (C=O) groups excluding carboxylic acids is 1. The summed E-state index contributed by atoms with van der Waals surface area (Å²) in [6.07, 6.45) is 2.92. The first-order valence-electron chi connectivity index (χ1n) is 10.7. The van der Waals surface area contributed by atoms with E-state index in [1.807, 2.05) is 0 Å². The van der Waals surface area contributed by atoms with Gasteiger partial charge >= 0.3 is 5.97 Å². The molecule has 2 fully saturated rings. The molecule has 0 aromatic heterocycles. The summed E-state index contributed by atoms with van der Waals surface area (Å²) in [4.78, 5) is 12.2. The van der Waals surface area contributed by atoms with E-state index < -0.39 is 23.8 Å². The van der Waals surface area contributed by atoms with E-state index in [2.05, 4.69) is 0 Å². The number of aliphatic hydroxyl groups excluding tert-OH is 2. The van der Waals surface area contributed by atoms with E-state index in [-0.39, 0.29) is 54.9 Å². The van der Waals surface area contributed by atoms with Gasteiger partial charge in [0, 0.05) is 18.4 Å². The number of halogens is 2. The first-order valence-corrected chi connectivity index (χ1v) is 10.7. The molecule has 1 saturated carbocycles. The Labute approximate surface area is 180 Å². The zero-order valence-electron chi connectivity index (χ0n) is 17.7. The summed E-state index contributed by atoms with van der Waals surface area (Å²) in [7, 11) is 0. The summed E-state index contributed by atoms with van der Waals surface area (Å²) in [5.41, 5.74) is 0. The van der Waals surface area contributed by atoms with Crippen LogP contribution < -0.4 is 4.74 Å². The van der Waals surface area contributed by atoms with Crippen molar-refractivity contribution in [3.8, 4) is 5.75 Å². The van der Waals surface area contributed by atoms with Crippen molar-refractivity contribution in [1.29, 1.82) is 0 Å². The van der Waals surface area contributed by atoms with E-state index in [1.54, 1.807) is 19.9 Å². The Morgan fingerprint density at radius 3 is 2.84 bits per heavy atom. The number of hydrogen-bond donors (Lipinski definition) is 2. The van der Waals surface area contributed by atoms with Crippen molar-refractivity contribution >= 4 is 5.97 Å². The third kappa shape index (κ3) is 6.24. The normalized spacial score (nSPS) is 29.6. The average Bonchev–Trinajstić information content (AvgIpc) is 2.86. The molecule has 31 heavy (non-hydrogen) atoms. The zero-order valence-corrected chi connectivity index (χ0v) is 17.7. The topological polar surface area (TPSA) is 85.2 Å². The monoisotopic (exact) mass is 440 g/mol. The maximum absolute atomic E-state index is 13.6. The molecule has 1 aromatic rings. The Bertz CT molecular complexity index is 783. The van der Waals surface area contributed by atoms with Crippen LogP contribution in [-0.2, 0) is 14.3 Å². The number of aliphatic hydroxyl groups is 2. The molecule has 1 aromatic carbocycles. The Morgan fingerprint density at radius 2 is 2.10 bits per heavy atom. The van der Waals surface area contributed by atoms with Gasteiger partial charge in [0.2, 0.25) is 0 Å². The fourth-order valence-corrected chi connectivity index (χ4v) is 4.25. The SMILES string of the molecule is CC(C)OC(=O)[C@H]1CC[C@@H]2[C@@H](/C=C/[C@@H](O)COc3cc(F)ccc3F)[C@H](O)C[C@@H]2OC1. The van der Waals surface area contributed by atoms with Crippen molar-refractivity contribution in [3.05, 3.63) is 42.0 Å². The van der Waals surface area contributed by atoms with Crippen LogP contribution in [0.2, 0.25) is 0 Å². The van der Waals surface area contributed by atoms with Crippen molar-refractivity contribution in [1.82, 2.24) is 0 Å². The van der Waals surface area contributed by atoms with Crippen LogP contribution in [0.15, 0.2) is 30.4 Å². The van der Waals surface area contributed by atoms with Crippen LogP contribution in [0.25, 0.3) is 0 Å². The number of esters is 1. The van der Waals surface area contributed by atoms with Gasteiger partial charge in [-0.15, -0.1) is 0 Å². The lowest BCUT2D eigenvalue weighted by molar-refractivity contribution is -0.155. The second kappa shape index (κ2) is 10.5. The molecule has 6 nitrogen and oxygen atoms in total. The van der Waals surface area contributed by atoms with Crippen molar-refractivity contribution in [3.63, 3.8) is 0 Å². The number of hydrogen-bond acceptors (Lipinski definition) is 6. The van der Waals surface area contributed by atoms with Gasteiger partial charge in [-0.05, 0) is 44.7 Å². The van der Waals surface area contributed by atoms with Gasteiger partial charge in [0.15, 0.2) is 11.6 Å². The molecule has 8 heteroatoms. The Balaban J connectivity index is 1.56. The molecule has 0 spiro atoms. The molecule has 6 atom stereocenters. The molecule has 0 radical (unpaired) electrons. The molecule has 1 heterocycles. The van der Waals surface area contributed by atoms with E-state index in [0.29, 0.717) is 19.3 Å². The lowest BCUT2D eigenvalue weighted by Gasteiger charge is -2.21. The maximum atomic E-state index is 13.6. The van der Waals surface area contributed by atoms with E-state index in [0.717, 1.165) is 18.2 Å². The summed E-state index contributed by atoms with van der Waals surface area (Å²) >= 11 is 0. The highest BCUT2D eigenvalue weighted by Crippen LogP contribution is 2.41. The molecule has 1 saturated heterocycles. The number of rotatable bonds is 7. The summed E-state index contributed by atoms with van der Waals surface area (Å²) in [5.74, 6) is -2.44. The lowest BCUT2D eigenvalue weighted by atomic mass is 9.87. The predicted molar refractivity (Wildman–Crippen MR) is 108 cm³/mol. The molecule has 2 aliphatic rings. The maximum Gasteiger partial charge on any atom is 0.311 e. The van der Waals surface area contributed by atoms with Crippen LogP contribution in [0.3, 0.4) is 0 Å². The number of ether oxygens (including phenoxy) is 3. The molecule has 1 aliphatic carbocycles.